The maximum absolute atomic E-state index is 11.7. The van der Waals surface area contributed by atoms with E-state index in [2.05, 4.69) is 15.4 Å². The van der Waals surface area contributed by atoms with Gasteiger partial charge in [-0.25, -0.2) is 0 Å². The summed E-state index contributed by atoms with van der Waals surface area (Å²) in [6.45, 7) is 3.83. The molecule has 0 radical (unpaired) electrons. The van der Waals surface area contributed by atoms with Crippen molar-refractivity contribution in [3.05, 3.63) is 11.9 Å². The van der Waals surface area contributed by atoms with Crippen LogP contribution in [0.1, 0.15) is 23.8 Å². The van der Waals surface area contributed by atoms with E-state index in [9.17, 15) is 4.79 Å². The van der Waals surface area contributed by atoms with E-state index >= 15 is 0 Å². The number of hydrogen-bond donors (Lipinski definition) is 2. The summed E-state index contributed by atoms with van der Waals surface area (Å²) in [6, 6.07) is 0. The van der Waals surface area contributed by atoms with Crippen LogP contribution in [0.3, 0.4) is 0 Å². The van der Waals surface area contributed by atoms with Crippen molar-refractivity contribution in [3.8, 4) is 0 Å². The molecule has 14 heavy (non-hydrogen) atoms. The minimum absolute atomic E-state index is 0.102. The molecule has 0 aliphatic rings. The highest BCUT2D eigenvalue weighted by Gasteiger charge is 2.15. The fourth-order valence-corrected chi connectivity index (χ4v) is 1.15. The zero-order chi connectivity index (χ0) is 10.4. The molecule has 0 bridgehead atoms. The number of nitrogens with zero attached hydrogens (tertiary/aromatic N) is 3. The molecule has 0 saturated heterocycles. The SMILES string of the molecule is CCN(CCCN)C(=O)c1cn[nH]n1. The smallest absolute Gasteiger partial charge is 0.276 e. The zero-order valence-corrected chi connectivity index (χ0v) is 8.23. The first-order valence-corrected chi connectivity index (χ1v) is 4.64. The van der Waals surface area contributed by atoms with E-state index in [0.717, 1.165) is 6.42 Å². The minimum Gasteiger partial charge on any atom is -0.337 e. The number of nitrogens with two attached hydrogens (primary N) is 1. The lowest BCUT2D eigenvalue weighted by molar-refractivity contribution is 0.0757. The van der Waals surface area contributed by atoms with Crippen LogP contribution in [-0.4, -0.2) is 45.9 Å². The molecule has 78 valence electrons. The Bertz CT molecular complexity index is 271. The van der Waals surface area contributed by atoms with Crippen molar-refractivity contribution in [2.75, 3.05) is 19.6 Å². The number of amides is 1. The number of H-pyrrole nitrogens is 1. The van der Waals surface area contributed by atoms with Gasteiger partial charge in [-0.05, 0) is 19.9 Å². The van der Waals surface area contributed by atoms with Crippen LogP contribution in [0.15, 0.2) is 6.20 Å². The maximum Gasteiger partial charge on any atom is 0.276 e. The lowest BCUT2D eigenvalue weighted by atomic mass is 10.3. The molecule has 0 atom stereocenters. The third kappa shape index (κ3) is 2.53. The number of hydrogen-bond acceptors (Lipinski definition) is 4. The summed E-state index contributed by atoms with van der Waals surface area (Å²) < 4.78 is 0. The third-order valence-electron chi connectivity index (χ3n) is 1.94. The molecular formula is C8H15N5O. The van der Waals surface area contributed by atoms with Gasteiger partial charge < -0.3 is 10.6 Å². The van der Waals surface area contributed by atoms with Crippen molar-refractivity contribution in [2.45, 2.75) is 13.3 Å². The first kappa shape index (κ1) is 10.6. The molecule has 6 heteroatoms. The van der Waals surface area contributed by atoms with Crippen LogP contribution in [0.4, 0.5) is 0 Å². The van der Waals surface area contributed by atoms with E-state index in [-0.39, 0.29) is 5.91 Å². The van der Waals surface area contributed by atoms with Crippen LogP contribution < -0.4 is 5.73 Å². The highest BCUT2D eigenvalue weighted by molar-refractivity contribution is 5.91. The Morgan fingerprint density at radius 1 is 1.71 bits per heavy atom. The van der Waals surface area contributed by atoms with Crippen LogP contribution in [0, 0.1) is 0 Å². The number of aromatic nitrogens is 3. The van der Waals surface area contributed by atoms with E-state index < -0.39 is 0 Å². The Labute approximate surface area is 82.5 Å². The van der Waals surface area contributed by atoms with Crippen LogP contribution in [0.25, 0.3) is 0 Å². The highest BCUT2D eigenvalue weighted by atomic mass is 16.2. The molecule has 1 heterocycles. The third-order valence-corrected chi connectivity index (χ3v) is 1.94. The van der Waals surface area contributed by atoms with Gasteiger partial charge in [-0.1, -0.05) is 0 Å². The average molecular weight is 197 g/mol. The van der Waals surface area contributed by atoms with Gasteiger partial charge in [0.05, 0.1) is 6.20 Å². The van der Waals surface area contributed by atoms with Gasteiger partial charge >= 0.3 is 0 Å². The number of nitrogens with one attached hydrogen (secondary N) is 1. The predicted octanol–water partition coefficient (Wildman–Crippen LogP) is -0.384. The average Bonchev–Trinajstić information content (AvgIpc) is 2.71. The first-order chi connectivity index (χ1) is 6.79. The van der Waals surface area contributed by atoms with Crippen LogP contribution in [0.2, 0.25) is 0 Å². The van der Waals surface area contributed by atoms with Crippen LogP contribution in [-0.2, 0) is 0 Å². The van der Waals surface area contributed by atoms with Gasteiger partial charge in [-0.15, -0.1) is 0 Å². The number of carbonyl (C=O) groups excluding carboxylic acids is 1. The molecule has 6 nitrogen and oxygen atoms in total. The molecule has 0 fully saturated rings. The molecule has 1 aromatic rings. The van der Waals surface area contributed by atoms with Gasteiger partial charge in [0.2, 0.25) is 0 Å². The molecule has 1 rings (SSSR count). The predicted molar refractivity (Wildman–Crippen MR) is 51.6 cm³/mol. The molecule has 3 N–H and O–H groups in total. The summed E-state index contributed by atoms with van der Waals surface area (Å²) in [5.41, 5.74) is 5.73. The Morgan fingerprint density at radius 3 is 3.00 bits per heavy atom. The minimum atomic E-state index is -0.102. The largest absolute Gasteiger partial charge is 0.337 e. The summed E-state index contributed by atoms with van der Waals surface area (Å²) in [4.78, 5) is 13.4. The van der Waals surface area contributed by atoms with Crippen LogP contribution >= 0.6 is 0 Å². The molecule has 0 saturated carbocycles. The molecule has 1 amide bonds. The standard InChI is InChI=1S/C8H15N5O/c1-2-13(5-3-4-9)8(14)7-6-10-12-11-7/h6H,2-5,9H2,1H3,(H,10,11,12). The summed E-state index contributed by atoms with van der Waals surface area (Å²) >= 11 is 0. The van der Waals surface area contributed by atoms with E-state index in [1.165, 1.54) is 6.20 Å². The van der Waals surface area contributed by atoms with Gasteiger partial charge in [-0.3, -0.25) is 4.79 Å². The normalized spacial score (nSPS) is 10.1. The second kappa shape index (κ2) is 5.33. The molecule has 0 aromatic carbocycles. The second-order valence-electron chi connectivity index (χ2n) is 2.88. The zero-order valence-electron chi connectivity index (χ0n) is 8.23. The van der Waals surface area contributed by atoms with Crippen molar-refractivity contribution < 1.29 is 4.79 Å². The molecular weight excluding hydrogens is 182 g/mol. The van der Waals surface area contributed by atoms with Crippen molar-refractivity contribution in [3.63, 3.8) is 0 Å². The number of carbonyl (C=O) groups is 1. The summed E-state index contributed by atoms with van der Waals surface area (Å²) in [6.07, 6.45) is 2.23. The lowest BCUT2D eigenvalue weighted by Crippen LogP contribution is -2.33. The summed E-state index contributed by atoms with van der Waals surface area (Å²) in [5, 5.41) is 9.74. The Balaban J connectivity index is 2.56. The van der Waals surface area contributed by atoms with E-state index in [0.29, 0.717) is 25.3 Å². The fourth-order valence-electron chi connectivity index (χ4n) is 1.15. The Kier molecular flexibility index (Phi) is 4.06. The molecule has 0 aliphatic heterocycles. The Hall–Kier alpha value is -1.43. The summed E-state index contributed by atoms with van der Waals surface area (Å²) in [5.74, 6) is -0.102. The Morgan fingerprint density at radius 2 is 2.50 bits per heavy atom. The van der Waals surface area contributed by atoms with Crippen molar-refractivity contribution >= 4 is 5.91 Å². The topological polar surface area (TPSA) is 87.9 Å². The molecule has 0 spiro atoms. The first-order valence-electron chi connectivity index (χ1n) is 4.64. The molecule has 0 unspecified atom stereocenters. The number of aromatic amines is 1. The monoisotopic (exact) mass is 197 g/mol. The van der Waals surface area contributed by atoms with Gasteiger partial charge in [0.15, 0.2) is 5.69 Å². The maximum atomic E-state index is 11.7. The van der Waals surface area contributed by atoms with Crippen LogP contribution in [0.5, 0.6) is 0 Å². The van der Waals surface area contributed by atoms with Gasteiger partial charge in [0, 0.05) is 13.1 Å². The lowest BCUT2D eigenvalue weighted by Gasteiger charge is -2.18. The fraction of sp³-hybridized carbons (Fsp3) is 0.625. The van der Waals surface area contributed by atoms with E-state index in [4.69, 9.17) is 5.73 Å². The highest BCUT2D eigenvalue weighted by Crippen LogP contribution is 1.99. The van der Waals surface area contributed by atoms with Crippen molar-refractivity contribution in [1.82, 2.24) is 20.3 Å². The summed E-state index contributed by atoms with van der Waals surface area (Å²) in [7, 11) is 0. The molecule has 1 aromatic heterocycles. The van der Waals surface area contributed by atoms with Gasteiger partial charge in [-0.2, -0.15) is 15.4 Å². The van der Waals surface area contributed by atoms with E-state index in [1.807, 2.05) is 6.92 Å². The van der Waals surface area contributed by atoms with E-state index in [1.54, 1.807) is 4.90 Å². The van der Waals surface area contributed by atoms with Crippen molar-refractivity contribution in [1.29, 1.82) is 0 Å². The van der Waals surface area contributed by atoms with Gasteiger partial charge in [0.1, 0.15) is 0 Å². The quantitative estimate of drug-likeness (QED) is 0.673. The number of rotatable bonds is 5. The molecule has 0 aliphatic carbocycles. The van der Waals surface area contributed by atoms with Crippen molar-refractivity contribution in [2.24, 2.45) is 5.73 Å². The van der Waals surface area contributed by atoms with Gasteiger partial charge in [0.25, 0.3) is 5.91 Å². The second-order valence-corrected chi connectivity index (χ2v) is 2.88.